The third-order valence-corrected chi connectivity index (χ3v) is 3.24. The van der Waals surface area contributed by atoms with Gasteiger partial charge in [0, 0.05) is 18.8 Å². The van der Waals surface area contributed by atoms with Crippen LogP contribution in [-0.2, 0) is 0 Å². The monoisotopic (exact) mass is 221 g/mol. The third-order valence-electron chi connectivity index (χ3n) is 3.24. The summed E-state index contributed by atoms with van der Waals surface area (Å²) in [5.74, 6) is 0.144. The fraction of sp³-hybridized carbons (Fsp3) is 0.667. The Hall–Kier alpha value is -1.32. The SMILES string of the molecule is Cc1n[nH]c(C)c1C(=O)N1CCCCCC1. The molecule has 1 aliphatic heterocycles. The van der Waals surface area contributed by atoms with E-state index in [1.807, 2.05) is 18.7 Å². The van der Waals surface area contributed by atoms with Crippen molar-refractivity contribution in [1.82, 2.24) is 15.1 Å². The quantitative estimate of drug-likeness (QED) is 0.789. The molecule has 0 atom stereocenters. The highest BCUT2D eigenvalue weighted by atomic mass is 16.2. The molecule has 1 aromatic heterocycles. The van der Waals surface area contributed by atoms with Crippen molar-refractivity contribution in [1.29, 1.82) is 0 Å². The molecule has 1 fully saturated rings. The van der Waals surface area contributed by atoms with Crippen LogP contribution in [0.25, 0.3) is 0 Å². The van der Waals surface area contributed by atoms with Crippen molar-refractivity contribution < 1.29 is 4.79 Å². The molecule has 1 N–H and O–H groups in total. The normalized spacial score (nSPS) is 17.2. The first-order valence-electron chi connectivity index (χ1n) is 6.01. The van der Waals surface area contributed by atoms with Crippen LogP contribution in [0, 0.1) is 13.8 Å². The second kappa shape index (κ2) is 4.68. The molecule has 1 amide bonds. The maximum atomic E-state index is 12.3. The molecule has 0 bridgehead atoms. The molecule has 1 saturated heterocycles. The van der Waals surface area contributed by atoms with Crippen LogP contribution in [0.2, 0.25) is 0 Å². The number of aromatic amines is 1. The molecule has 16 heavy (non-hydrogen) atoms. The van der Waals surface area contributed by atoms with E-state index in [0.717, 1.165) is 42.9 Å². The van der Waals surface area contributed by atoms with Gasteiger partial charge < -0.3 is 4.90 Å². The van der Waals surface area contributed by atoms with E-state index in [1.54, 1.807) is 0 Å². The predicted molar refractivity (Wildman–Crippen MR) is 62.4 cm³/mol. The Labute approximate surface area is 96.0 Å². The van der Waals surface area contributed by atoms with Gasteiger partial charge >= 0.3 is 0 Å². The molecule has 0 spiro atoms. The van der Waals surface area contributed by atoms with E-state index >= 15 is 0 Å². The molecule has 0 aliphatic carbocycles. The molecule has 2 rings (SSSR count). The van der Waals surface area contributed by atoms with Gasteiger partial charge in [-0.1, -0.05) is 12.8 Å². The van der Waals surface area contributed by atoms with Gasteiger partial charge in [0.05, 0.1) is 11.3 Å². The van der Waals surface area contributed by atoms with Crippen molar-refractivity contribution in [2.75, 3.05) is 13.1 Å². The van der Waals surface area contributed by atoms with E-state index in [0.29, 0.717) is 0 Å². The van der Waals surface area contributed by atoms with Crippen LogP contribution in [0.1, 0.15) is 47.4 Å². The third kappa shape index (κ3) is 2.10. The Morgan fingerprint density at radius 3 is 2.31 bits per heavy atom. The smallest absolute Gasteiger partial charge is 0.257 e. The van der Waals surface area contributed by atoms with Crippen molar-refractivity contribution in [2.45, 2.75) is 39.5 Å². The number of hydrogen-bond acceptors (Lipinski definition) is 2. The number of nitrogens with zero attached hydrogens (tertiary/aromatic N) is 2. The molecule has 2 heterocycles. The van der Waals surface area contributed by atoms with Crippen molar-refractivity contribution >= 4 is 5.91 Å². The van der Waals surface area contributed by atoms with Gasteiger partial charge in [0.1, 0.15) is 0 Å². The lowest BCUT2D eigenvalue weighted by molar-refractivity contribution is 0.0760. The van der Waals surface area contributed by atoms with Crippen LogP contribution < -0.4 is 0 Å². The first-order chi connectivity index (χ1) is 7.70. The van der Waals surface area contributed by atoms with Crippen molar-refractivity contribution in [3.63, 3.8) is 0 Å². The molecule has 0 aromatic carbocycles. The zero-order valence-electron chi connectivity index (χ0n) is 10.0. The molecule has 0 saturated carbocycles. The first kappa shape index (κ1) is 11.2. The number of H-pyrrole nitrogens is 1. The number of aromatic nitrogens is 2. The fourth-order valence-corrected chi connectivity index (χ4v) is 2.30. The van der Waals surface area contributed by atoms with Gasteiger partial charge in [0.25, 0.3) is 5.91 Å². The fourth-order valence-electron chi connectivity index (χ4n) is 2.30. The zero-order chi connectivity index (χ0) is 11.5. The van der Waals surface area contributed by atoms with Gasteiger partial charge in [-0.25, -0.2) is 0 Å². The van der Waals surface area contributed by atoms with E-state index < -0.39 is 0 Å². The van der Waals surface area contributed by atoms with E-state index in [4.69, 9.17) is 0 Å². The summed E-state index contributed by atoms with van der Waals surface area (Å²) in [7, 11) is 0. The zero-order valence-corrected chi connectivity index (χ0v) is 10.0. The van der Waals surface area contributed by atoms with E-state index in [2.05, 4.69) is 10.2 Å². The summed E-state index contributed by atoms with van der Waals surface area (Å²) in [5, 5.41) is 6.96. The second-order valence-electron chi connectivity index (χ2n) is 4.52. The number of nitrogens with one attached hydrogen (secondary N) is 1. The number of amides is 1. The van der Waals surface area contributed by atoms with E-state index in [-0.39, 0.29) is 5.91 Å². The second-order valence-corrected chi connectivity index (χ2v) is 4.52. The number of carbonyl (C=O) groups excluding carboxylic acids is 1. The Morgan fingerprint density at radius 2 is 1.81 bits per heavy atom. The first-order valence-corrected chi connectivity index (χ1v) is 6.01. The van der Waals surface area contributed by atoms with Gasteiger partial charge in [0.15, 0.2) is 0 Å². The number of rotatable bonds is 1. The lowest BCUT2D eigenvalue weighted by Crippen LogP contribution is -2.32. The van der Waals surface area contributed by atoms with Gasteiger partial charge in [-0.15, -0.1) is 0 Å². The number of aryl methyl sites for hydroxylation is 2. The van der Waals surface area contributed by atoms with Gasteiger partial charge in [-0.05, 0) is 26.7 Å². The molecule has 88 valence electrons. The minimum atomic E-state index is 0.144. The average molecular weight is 221 g/mol. The number of hydrogen-bond donors (Lipinski definition) is 1. The van der Waals surface area contributed by atoms with Crippen LogP contribution in [0.15, 0.2) is 0 Å². The van der Waals surface area contributed by atoms with E-state index in [1.165, 1.54) is 12.8 Å². The van der Waals surface area contributed by atoms with Gasteiger partial charge in [-0.3, -0.25) is 9.89 Å². The number of carbonyl (C=O) groups is 1. The van der Waals surface area contributed by atoms with Crippen molar-refractivity contribution in [2.24, 2.45) is 0 Å². The predicted octanol–water partition coefficient (Wildman–Crippen LogP) is 2.04. The van der Waals surface area contributed by atoms with Crippen LogP contribution >= 0.6 is 0 Å². The molecule has 4 heteroatoms. The minimum absolute atomic E-state index is 0.144. The summed E-state index contributed by atoms with van der Waals surface area (Å²) >= 11 is 0. The molecular formula is C12H19N3O. The Kier molecular flexibility index (Phi) is 3.27. The Balaban J connectivity index is 2.17. The Bertz CT molecular complexity index is 356. The summed E-state index contributed by atoms with van der Waals surface area (Å²) < 4.78 is 0. The summed E-state index contributed by atoms with van der Waals surface area (Å²) in [6, 6.07) is 0. The number of likely N-dealkylation sites (tertiary alicyclic amines) is 1. The highest BCUT2D eigenvalue weighted by Gasteiger charge is 2.22. The average Bonchev–Trinajstić information content (AvgIpc) is 2.51. The van der Waals surface area contributed by atoms with Crippen LogP contribution in [0.4, 0.5) is 0 Å². The largest absolute Gasteiger partial charge is 0.339 e. The maximum absolute atomic E-state index is 12.3. The van der Waals surface area contributed by atoms with Gasteiger partial charge in [-0.2, -0.15) is 5.10 Å². The topological polar surface area (TPSA) is 49.0 Å². The Morgan fingerprint density at radius 1 is 1.19 bits per heavy atom. The molecule has 1 aliphatic rings. The molecule has 1 aromatic rings. The lowest BCUT2D eigenvalue weighted by atomic mass is 10.1. The molecular weight excluding hydrogens is 202 g/mol. The van der Waals surface area contributed by atoms with Crippen LogP contribution in [-0.4, -0.2) is 34.1 Å². The molecule has 0 unspecified atom stereocenters. The highest BCUT2D eigenvalue weighted by Crippen LogP contribution is 2.16. The van der Waals surface area contributed by atoms with Crippen LogP contribution in [0.5, 0.6) is 0 Å². The molecule has 0 radical (unpaired) electrons. The standard InChI is InChI=1S/C12H19N3O/c1-9-11(10(2)14-13-9)12(16)15-7-5-3-4-6-8-15/h3-8H2,1-2H3,(H,13,14). The minimum Gasteiger partial charge on any atom is -0.339 e. The maximum Gasteiger partial charge on any atom is 0.257 e. The molecule has 4 nitrogen and oxygen atoms in total. The van der Waals surface area contributed by atoms with Crippen molar-refractivity contribution in [3.8, 4) is 0 Å². The highest BCUT2D eigenvalue weighted by molar-refractivity contribution is 5.96. The van der Waals surface area contributed by atoms with Crippen LogP contribution in [0.3, 0.4) is 0 Å². The summed E-state index contributed by atoms with van der Waals surface area (Å²) in [5.41, 5.74) is 2.46. The van der Waals surface area contributed by atoms with Crippen molar-refractivity contribution in [3.05, 3.63) is 17.0 Å². The van der Waals surface area contributed by atoms with Gasteiger partial charge in [0.2, 0.25) is 0 Å². The summed E-state index contributed by atoms with van der Waals surface area (Å²) in [4.78, 5) is 14.3. The lowest BCUT2D eigenvalue weighted by Gasteiger charge is -2.20. The van der Waals surface area contributed by atoms with E-state index in [9.17, 15) is 4.79 Å². The summed E-state index contributed by atoms with van der Waals surface area (Å²) in [6.45, 7) is 5.57. The summed E-state index contributed by atoms with van der Waals surface area (Å²) in [6.07, 6.45) is 4.74.